The first-order valence-electron chi connectivity index (χ1n) is 17.8. The molecule has 2 bridgehead atoms. The van der Waals surface area contributed by atoms with E-state index in [9.17, 15) is 4.79 Å². The van der Waals surface area contributed by atoms with E-state index in [-0.39, 0.29) is 42.4 Å². The minimum Gasteiger partial charge on any atom is -0.322 e. The van der Waals surface area contributed by atoms with Gasteiger partial charge in [-0.2, -0.15) is 0 Å². The number of piperidine rings is 3. The van der Waals surface area contributed by atoms with Crippen LogP contribution in [-0.2, 0) is 0 Å². The number of rotatable bonds is 2. The zero-order chi connectivity index (χ0) is 30.0. The minimum atomic E-state index is -1.16. The van der Waals surface area contributed by atoms with Crippen molar-refractivity contribution in [3.05, 3.63) is 0 Å². The van der Waals surface area contributed by atoms with Crippen LogP contribution < -0.4 is 21.4 Å². The monoisotopic (exact) mass is 605 g/mol. The van der Waals surface area contributed by atoms with Crippen molar-refractivity contribution < 1.29 is 13.6 Å². The Balaban J connectivity index is 1.31. The summed E-state index contributed by atoms with van der Waals surface area (Å²) in [5, 5.41) is 13.4. The number of hydrogen-bond donors (Lipinski definition) is 4. The number of halogens is 2. The standard InChI is InChI=1S/C33H57F2N7O/c1-18(2)27-30-21(12-13-36-27)7-5-6-14-41-29-22(16-37-41)10-11-24(34)26(29)28-25(35)15-23-31(39-33(43)42(30)32(23)38-28)40-17-19(3)8-9-20(40)4/h18-32,36-38H,5-17H2,1-4H3,(H,39,43)/t19-,20-,21?,22?,23?,24?,25?,26?,27?,28?,29?,30?,31?,32?/m0/s1. The highest BCUT2D eigenvalue weighted by atomic mass is 19.1. The quantitative estimate of drug-likeness (QED) is 0.384. The van der Waals surface area contributed by atoms with Crippen molar-refractivity contribution in [3.8, 4) is 0 Å². The maximum atomic E-state index is 16.8. The average Bonchev–Trinajstić information content (AvgIpc) is 3.39. The summed E-state index contributed by atoms with van der Waals surface area (Å²) in [7, 11) is 0. The first-order valence-corrected chi connectivity index (χ1v) is 17.8. The smallest absolute Gasteiger partial charge is 0.320 e. The second kappa shape index (κ2) is 12.3. The van der Waals surface area contributed by atoms with E-state index in [1.807, 2.05) is 0 Å². The largest absolute Gasteiger partial charge is 0.322 e. The van der Waals surface area contributed by atoms with Crippen LogP contribution >= 0.6 is 0 Å². The van der Waals surface area contributed by atoms with Gasteiger partial charge in [-0.1, -0.05) is 27.2 Å². The molecule has 1 aliphatic carbocycles. The number of carbonyl (C=O) groups excluding carboxylic acids is 1. The van der Waals surface area contributed by atoms with Gasteiger partial charge in [-0.3, -0.25) is 15.6 Å². The highest BCUT2D eigenvalue weighted by Crippen LogP contribution is 2.46. The van der Waals surface area contributed by atoms with E-state index < -0.39 is 24.3 Å². The maximum Gasteiger partial charge on any atom is 0.320 e. The number of hydrazine groups is 1. The van der Waals surface area contributed by atoms with Gasteiger partial charge in [0.2, 0.25) is 0 Å². The lowest BCUT2D eigenvalue weighted by molar-refractivity contribution is -0.101. The minimum absolute atomic E-state index is 0.00575. The summed E-state index contributed by atoms with van der Waals surface area (Å²) in [6.45, 7) is 12.7. The molecule has 12 unspecified atom stereocenters. The molecule has 6 saturated heterocycles. The number of fused-ring (bicyclic) bond motifs is 4. The van der Waals surface area contributed by atoms with Gasteiger partial charge in [0.05, 0.1) is 18.4 Å². The van der Waals surface area contributed by atoms with Crippen molar-refractivity contribution in [2.75, 3.05) is 26.2 Å². The number of hydrogen-bond acceptors (Lipinski definition) is 6. The van der Waals surface area contributed by atoms with E-state index in [2.05, 4.69) is 63.9 Å². The number of amides is 2. The molecule has 4 N–H and O–H groups in total. The molecule has 0 aromatic rings. The molecule has 0 radical (unpaired) electrons. The van der Waals surface area contributed by atoms with Gasteiger partial charge < -0.3 is 15.5 Å². The van der Waals surface area contributed by atoms with E-state index >= 15 is 8.78 Å². The number of alkyl halides is 2. The number of urea groups is 1. The van der Waals surface area contributed by atoms with Crippen molar-refractivity contribution in [3.63, 3.8) is 0 Å². The predicted octanol–water partition coefficient (Wildman–Crippen LogP) is 3.84. The molecule has 0 spiro atoms. The van der Waals surface area contributed by atoms with Gasteiger partial charge in [0.15, 0.2) is 0 Å². The van der Waals surface area contributed by atoms with E-state index in [1.165, 1.54) is 6.42 Å². The molecule has 6 aliphatic heterocycles. The second-order valence-corrected chi connectivity index (χ2v) is 15.8. The van der Waals surface area contributed by atoms with Gasteiger partial charge >= 0.3 is 6.03 Å². The molecule has 244 valence electrons. The molecule has 8 nitrogen and oxygen atoms in total. The van der Waals surface area contributed by atoms with Crippen LogP contribution in [-0.4, -0.2) is 102 Å². The Morgan fingerprint density at radius 3 is 2.56 bits per heavy atom. The van der Waals surface area contributed by atoms with Crippen molar-refractivity contribution in [2.45, 2.75) is 140 Å². The zero-order valence-electron chi connectivity index (χ0n) is 26.9. The molecular formula is C33H57F2N7O. The molecule has 7 fully saturated rings. The zero-order valence-corrected chi connectivity index (χ0v) is 26.9. The topological polar surface area (TPSA) is 74.9 Å². The van der Waals surface area contributed by atoms with Crippen LogP contribution in [0.2, 0.25) is 0 Å². The molecular weight excluding hydrogens is 548 g/mol. The van der Waals surface area contributed by atoms with Crippen LogP contribution in [0, 0.1) is 35.5 Å². The number of nitrogens with one attached hydrogen (secondary N) is 4. The summed E-state index contributed by atoms with van der Waals surface area (Å²) in [6, 6.07) is -0.120. The summed E-state index contributed by atoms with van der Waals surface area (Å²) >= 11 is 0. The highest BCUT2D eigenvalue weighted by Gasteiger charge is 2.59. The average molecular weight is 606 g/mol. The lowest BCUT2D eigenvalue weighted by Gasteiger charge is -2.60. The first-order chi connectivity index (χ1) is 20.7. The number of likely N-dealkylation sites (tertiary alicyclic amines) is 1. The Bertz CT molecular complexity index is 1000. The first kappa shape index (κ1) is 30.6. The van der Waals surface area contributed by atoms with Gasteiger partial charge in [0, 0.05) is 55.6 Å². The Labute approximate surface area is 257 Å². The van der Waals surface area contributed by atoms with E-state index in [1.54, 1.807) is 0 Å². The van der Waals surface area contributed by atoms with Crippen molar-refractivity contribution in [1.82, 2.24) is 36.2 Å². The Kier molecular flexibility index (Phi) is 8.72. The fourth-order valence-corrected chi connectivity index (χ4v) is 10.7. The van der Waals surface area contributed by atoms with Gasteiger partial charge in [-0.15, -0.1) is 0 Å². The van der Waals surface area contributed by atoms with Crippen LogP contribution in [0.4, 0.5) is 13.6 Å². The molecule has 2 amide bonds. The van der Waals surface area contributed by atoms with Gasteiger partial charge in [0.1, 0.15) is 12.3 Å². The normalized spacial score (nSPS) is 49.7. The van der Waals surface area contributed by atoms with Gasteiger partial charge in [-0.25, -0.2) is 18.6 Å². The third-order valence-electron chi connectivity index (χ3n) is 12.8. The highest BCUT2D eigenvalue weighted by molar-refractivity contribution is 5.76. The fourth-order valence-electron chi connectivity index (χ4n) is 10.7. The second-order valence-electron chi connectivity index (χ2n) is 15.8. The summed E-state index contributed by atoms with van der Waals surface area (Å²) in [6.07, 6.45) is 5.48. The molecule has 14 atom stereocenters. The lowest BCUT2D eigenvalue weighted by Crippen LogP contribution is -2.79. The lowest BCUT2D eigenvalue weighted by atomic mass is 9.69. The summed E-state index contributed by atoms with van der Waals surface area (Å²) in [5.41, 5.74) is 3.62. The van der Waals surface area contributed by atoms with Crippen molar-refractivity contribution in [1.29, 1.82) is 0 Å². The fraction of sp³-hybridized carbons (Fsp3) is 0.970. The Morgan fingerprint density at radius 1 is 0.907 bits per heavy atom. The number of carbonyl (C=O) groups is 1. The maximum absolute atomic E-state index is 16.8. The van der Waals surface area contributed by atoms with Crippen LogP contribution in [0.15, 0.2) is 0 Å². The van der Waals surface area contributed by atoms with Crippen molar-refractivity contribution >= 4 is 6.03 Å². The molecule has 10 heteroatoms. The van der Waals surface area contributed by atoms with E-state index in [4.69, 9.17) is 0 Å². The van der Waals surface area contributed by atoms with Gasteiger partial charge in [-0.05, 0) is 88.5 Å². The summed E-state index contributed by atoms with van der Waals surface area (Å²) in [5.74, 6) is 1.09. The van der Waals surface area contributed by atoms with Crippen molar-refractivity contribution in [2.24, 2.45) is 35.5 Å². The van der Waals surface area contributed by atoms with E-state index in [0.29, 0.717) is 42.6 Å². The summed E-state index contributed by atoms with van der Waals surface area (Å²) in [4.78, 5) is 19.1. The third kappa shape index (κ3) is 5.43. The Morgan fingerprint density at radius 2 is 1.74 bits per heavy atom. The molecule has 7 rings (SSSR count). The molecule has 0 aromatic carbocycles. The molecule has 0 aromatic heterocycles. The van der Waals surface area contributed by atoms with Gasteiger partial charge in [0.25, 0.3) is 0 Å². The van der Waals surface area contributed by atoms with Crippen LogP contribution in [0.3, 0.4) is 0 Å². The molecule has 1 saturated carbocycles. The molecule has 6 heterocycles. The SMILES string of the molecule is CC(C)C1NCCC2CCCCN3NCC4CCC(F)C(C5NC6C(CC5F)C(N5C[C@@H](C)CC[C@@H]5C)NC(=O)N6C21)C43. The summed E-state index contributed by atoms with van der Waals surface area (Å²) < 4.78 is 32.9. The Hall–Kier alpha value is -1.07. The predicted molar refractivity (Wildman–Crippen MR) is 164 cm³/mol. The molecule has 43 heavy (non-hydrogen) atoms. The van der Waals surface area contributed by atoms with E-state index in [0.717, 1.165) is 64.7 Å². The van der Waals surface area contributed by atoms with Crippen LogP contribution in [0.5, 0.6) is 0 Å². The number of nitrogens with zero attached hydrogens (tertiary/aromatic N) is 3. The van der Waals surface area contributed by atoms with Crippen LogP contribution in [0.25, 0.3) is 0 Å². The molecule has 7 aliphatic rings. The van der Waals surface area contributed by atoms with Crippen LogP contribution in [0.1, 0.15) is 85.5 Å². The third-order valence-corrected chi connectivity index (χ3v) is 12.8.